The van der Waals surface area contributed by atoms with Crippen LogP contribution in [0.4, 0.5) is 0 Å². The van der Waals surface area contributed by atoms with Gasteiger partial charge in [-0.25, -0.2) is 0 Å². The Hall–Kier alpha value is -3.09. The second kappa shape index (κ2) is 10.5. The number of hydrogen-bond donors (Lipinski definition) is 0. The summed E-state index contributed by atoms with van der Waals surface area (Å²) in [7, 11) is 1.63. The maximum Gasteiger partial charge on any atom is 0.310 e. The zero-order valence-corrected chi connectivity index (χ0v) is 19.3. The van der Waals surface area contributed by atoms with E-state index in [0.717, 1.165) is 17.0 Å². The van der Waals surface area contributed by atoms with Gasteiger partial charge in [0.15, 0.2) is 5.43 Å². The van der Waals surface area contributed by atoms with Crippen LogP contribution in [0, 0.1) is 12.8 Å². The number of benzene rings is 1. The largest absolute Gasteiger partial charge is 0.496 e. The molecule has 1 aliphatic rings. The van der Waals surface area contributed by atoms with Gasteiger partial charge >= 0.3 is 5.97 Å². The number of carbonyl (C=O) groups is 2. The molecule has 1 aromatic carbocycles. The predicted octanol–water partition coefficient (Wildman–Crippen LogP) is 3.19. The van der Waals surface area contributed by atoms with Crippen molar-refractivity contribution in [1.29, 1.82) is 0 Å². The summed E-state index contributed by atoms with van der Waals surface area (Å²) >= 11 is 0. The highest BCUT2D eigenvalue weighted by Crippen LogP contribution is 2.23. The monoisotopic (exact) mass is 440 g/mol. The quantitative estimate of drug-likeness (QED) is 0.618. The van der Waals surface area contributed by atoms with Crippen molar-refractivity contribution in [3.8, 4) is 5.75 Å². The van der Waals surface area contributed by atoms with E-state index in [2.05, 4.69) is 0 Å². The molecule has 0 saturated carbocycles. The number of para-hydroxylation sites is 1. The average molecular weight is 441 g/mol. The Morgan fingerprint density at radius 3 is 2.62 bits per heavy atom. The molecule has 0 bridgehead atoms. The van der Waals surface area contributed by atoms with Crippen molar-refractivity contribution in [2.45, 2.75) is 46.6 Å². The Balaban J connectivity index is 1.98. The van der Waals surface area contributed by atoms with Gasteiger partial charge in [-0.15, -0.1) is 0 Å². The summed E-state index contributed by atoms with van der Waals surface area (Å²) in [5, 5.41) is 0. The minimum absolute atomic E-state index is 0.192. The molecule has 1 saturated heterocycles. The molecule has 0 N–H and O–H groups in total. The van der Waals surface area contributed by atoms with Gasteiger partial charge in [0.2, 0.25) is 0 Å². The second-order valence-electron chi connectivity index (χ2n) is 8.07. The van der Waals surface area contributed by atoms with Crippen LogP contribution in [0.25, 0.3) is 0 Å². The summed E-state index contributed by atoms with van der Waals surface area (Å²) in [5.74, 6) is -0.180. The minimum atomic E-state index is -0.348. The third-order valence-corrected chi connectivity index (χ3v) is 6.02. The van der Waals surface area contributed by atoms with Crippen LogP contribution in [-0.2, 0) is 22.5 Å². The number of esters is 1. The van der Waals surface area contributed by atoms with Crippen molar-refractivity contribution in [1.82, 2.24) is 9.47 Å². The number of nitrogens with zero attached hydrogens (tertiary/aromatic N) is 2. The number of ether oxygens (including phenoxy) is 2. The van der Waals surface area contributed by atoms with Crippen molar-refractivity contribution in [2.24, 2.45) is 5.92 Å². The maximum atomic E-state index is 13.5. The van der Waals surface area contributed by atoms with Gasteiger partial charge in [0.1, 0.15) is 11.3 Å². The van der Waals surface area contributed by atoms with Crippen molar-refractivity contribution in [2.75, 3.05) is 26.8 Å². The van der Waals surface area contributed by atoms with Crippen molar-refractivity contribution < 1.29 is 19.1 Å². The molecular weight excluding hydrogens is 408 g/mol. The summed E-state index contributed by atoms with van der Waals surface area (Å²) in [6.07, 6.45) is 1.93. The highest BCUT2D eigenvalue weighted by molar-refractivity contribution is 5.95. The molecular formula is C25H32N2O5. The van der Waals surface area contributed by atoms with Crippen LogP contribution in [0.15, 0.2) is 35.1 Å². The van der Waals surface area contributed by atoms with Crippen molar-refractivity contribution in [3.05, 3.63) is 63.1 Å². The summed E-state index contributed by atoms with van der Waals surface area (Å²) < 4.78 is 12.7. The van der Waals surface area contributed by atoms with Crippen LogP contribution in [0.2, 0.25) is 0 Å². The van der Waals surface area contributed by atoms with Gasteiger partial charge in [-0.1, -0.05) is 25.1 Å². The van der Waals surface area contributed by atoms with Gasteiger partial charge < -0.3 is 18.9 Å². The standard InChI is InChI=1S/C25H32N2O5/c1-5-20-23(24(29)26-13-9-11-19(15-26)25(30)32-6-2)21(28)14-17(3)27(20)16-18-10-7-8-12-22(18)31-4/h7-8,10,12,14,19H,5-6,9,11,13,15-16H2,1-4H3. The number of aromatic nitrogens is 1. The van der Waals surface area contributed by atoms with E-state index in [-0.39, 0.29) is 35.3 Å². The Morgan fingerprint density at radius 2 is 1.94 bits per heavy atom. The van der Waals surface area contributed by atoms with Crippen LogP contribution in [0.5, 0.6) is 5.75 Å². The zero-order valence-electron chi connectivity index (χ0n) is 19.3. The molecule has 7 heteroatoms. The number of amides is 1. The molecule has 1 aromatic heterocycles. The molecule has 32 heavy (non-hydrogen) atoms. The van der Waals surface area contributed by atoms with Gasteiger partial charge in [0.25, 0.3) is 5.91 Å². The molecule has 3 rings (SSSR count). The molecule has 1 aliphatic heterocycles. The third kappa shape index (κ3) is 4.87. The fourth-order valence-electron chi connectivity index (χ4n) is 4.42. The Kier molecular flexibility index (Phi) is 7.72. The first-order valence-electron chi connectivity index (χ1n) is 11.2. The normalized spacial score (nSPS) is 16.0. The molecule has 1 unspecified atom stereocenters. The summed E-state index contributed by atoms with van der Waals surface area (Å²) in [5.41, 5.74) is 2.37. The van der Waals surface area contributed by atoms with Crippen molar-refractivity contribution in [3.63, 3.8) is 0 Å². The molecule has 1 atom stereocenters. The lowest BCUT2D eigenvalue weighted by Crippen LogP contribution is -2.45. The van der Waals surface area contributed by atoms with E-state index in [1.165, 1.54) is 6.07 Å². The fourth-order valence-corrected chi connectivity index (χ4v) is 4.42. The molecule has 0 aliphatic carbocycles. The number of hydrogen-bond acceptors (Lipinski definition) is 5. The van der Waals surface area contributed by atoms with E-state index >= 15 is 0 Å². The molecule has 7 nitrogen and oxygen atoms in total. The highest BCUT2D eigenvalue weighted by Gasteiger charge is 2.32. The van der Waals surface area contributed by atoms with Gasteiger partial charge in [-0.3, -0.25) is 14.4 Å². The molecule has 2 aromatic rings. The molecule has 172 valence electrons. The maximum absolute atomic E-state index is 13.5. The first-order chi connectivity index (χ1) is 15.4. The minimum Gasteiger partial charge on any atom is -0.496 e. The molecule has 1 fully saturated rings. The number of carbonyl (C=O) groups excluding carboxylic acids is 2. The van der Waals surface area contributed by atoms with E-state index in [0.29, 0.717) is 44.7 Å². The van der Waals surface area contributed by atoms with Crippen LogP contribution in [0.1, 0.15) is 54.0 Å². The second-order valence-corrected chi connectivity index (χ2v) is 8.07. The van der Waals surface area contributed by atoms with E-state index in [9.17, 15) is 14.4 Å². The molecule has 0 spiro atoms. The summed E-state index contributed by atoms with van der Waals surface area (Å²) in [6, 6.07) is 9.25. The Bertz CT molecular complexity index is 1040. The fraction of sp³-hybridized carbons (Fsp3) is 0.480. The smallest absolute Gasteiger partial charge is 0.310 e. The van der Waals surface area contributed by atoms with Crippen LogP contribution in [0.3, 0.4) is 0 Å². The summed E-state index contributed by atoms with van der Waals surface area (Å²) in [6.45, 7) is 7.20. The average Bonchev–Trinajstić information content (AvgIpc) is 2.80. The SMILES string of the molecule is CCOC(=O)C1CCCN(C(=O)c2c(CC)n(Cc3ccccc3OC)c(C)cc2=O)C1. The van der Waals surface area contributed by atoms with Crippen LogP contribution in [-0.4, -0.2) is 48.1 Å². The van der Waals surface area contributed by atoms with E-state index in [1.807, 2.05) is 42.7 Å². The first kappa shape index (κ1) is 23.6. The van der Waals surface area contributed by atoms with Gasteiger partial charge in [-0.2, -0.15) is 0 Å². The lowest BCUT2D eigenvalue weighted by molar-refractivity contribution is -0.149. The molecule has 2 heterocycles. The van der Waals surface area contributed by atoms with Gasteiger partial charge in [-0.05, 0) is 39.2 Å². The Morgan fingerprint density at radius 1 is 1.19 bits per heavy atom. The topological polar surface area (TPSA) is 77.8 Å². The highest BCUT2D eigenvalue weighted by atomic mass is 16.5. The van der Waals surface area contributed by atoms with Gasteiger partial charge in [0.05, 0.1) is 26.2 Å². The first-order valence-corrected chi connectivity index (χ1v) is 11.2. The number of pyridine rings is 1. The number of methoxy groups -OCH3 is 1. The number of rotatable bonds is 7. The van der Waals surface area contributed by atoms with E-state index < -0.39 is 0 Å². The number of piperidine rings is 1. The van der Waals surface area contributed by atoms with Gasteiger partial charge in [0, 0.05) is 36.1 Å². The zero-order chi connectivity index (χ0) is 23.3. The third-order valence-electron chi connectivity index (χ3n) is 6.02. The van der Waals surface area contributed by atoms with Crippen LogP contribution >= 0.6 is 0 Å². The number of likely N-dealkylation sites (tertiary alicyclic amines) is 1. The molecule has 1 amide bonds. The van der Waals surface area contributed by atoms with E-state index in [4.69, 9.17) is 9.47 Å². The van der Waals surface area contributed by atoms with Crippen molar-refractivity contribution >= 4 is 11.9 Å². The summed E-state index contributed by atoms with van der Waals surface area (Å²) in [4.78, 5) is 40.3. The van der Waals surface area contributed by atoms with Crippen LogP contribution < -0.4 is 10.2 Å². The van der Waals surface area contributed by atoms with E-state index in [1.54, 1.807) is 18.9 Å². The molecule has 0 radical (unpaired) electrons. The lowest BCUT2D eigenvalue weighted by Gasteiger charge is -2.32. The predicted molar refractivity (Wildman–Crippen MR) is 122 cm³/mol. The Labute approximate surface area is 188 Å². The lowest BCUT2D eigenvalue weighted by atomic mass is 9.97. The number of aryl methyl sites for hydroxylation is 1.